The Bertz CT molecular complexity index is 583. The highest BCUT2D eigenvalue weighted by molar-refractivity contribution is 7.90. The van der Waals surface area contributed by atoms with Crippen LogP contribution in [0.25, 0.3) is 0 Å². The molecule has 1 heterocycles. The van der Waals surface area contributed by atoms with E-state index >= 15 is 0 Å². The summed E-state index contributed by atoms with van der Waals surface area (Å²) in [5.41, 5.74) is 0.956. The predicted molar refractivity (Wildman–Crippen MR) is 73.9 cm³/mol. The number of carbonyl (C=O) groups excluding carboxylic acids is 1. The first kappa shape index (κ1) is 14.8. The third kappa shape index (κ3) is 3.29. The zero-order valence-electron chi connectivity index (χ0n) is 11.5. The standard InChI is InChI=1S/C13H18N2O4S/c1-10-3-5-12(6-4-10)20(17,18)14-13(16)15-7-8-19-9-11(15)2/h3-6,11H,7-9H2,1-2H3,(H,14,16). The maximum Gasteiger partial charge on any atom is 0.331 e. The van der Waals surface area contributed by atoms with Crippen molar-refractivity contribution in [1.82, 2.24) is 9.62 Å². The number of urea groups is 1. The molecule has 1 aromatic carbocycles. The number of carbonyl (C=O) groups is 1. The molecule has 1 aliphatic rings. The molecule has 0 aliphatic carbocycles. The smallest absolute Gasteiger partial charge is 0.331 e. The summed E-state index contributed by atoms with van der Waals surface area (Å²) in [6, 6.07) is 5.59. The minimum absolute atomic E-state index is 0.0809. The molecule has 110 valence electrons. The van der Waals surface area contributed by atoms with Crippen molar-refractivity contribution in [2.75, 3.05) is 19.8 Å². The average Bonchev–Trinajstić information content (AvgIpc) is 2.39. The van der Waals surface area contributed by atoms with Gasteiger partial charge < -0.3 is 9.64 Å². The minimum atomic E-state index is -3.83. The summed E-state index contributed by atoms with van der Waals surface area (Å²) in [5, 5.41) is 0. The van der Waals surface area contributed by atoms with E-state index in [1.165, 1.54) is 17.0 Å². The van der Waals surface area contributed by atoms with E-state index in [0.717, 1.165) is 5.56 Å². The van der Waals surface area contributed by atoms with Crippen LogP contribution >= 0.6 is 0 Å². The molecule has 1 atom stereocenters. The number of hydrogen-bond donors (Lipinski definition) is 1. The molecule has 0 aromatic heterocycles. The molecule has 0 saturated carbocycles. The molecule has 7 heteroatoms. The van der Waals surface area contributed by atoms with E-state index in [2.05, 4.69) is 4.72 Å². The third-order valence-corrected chi connectivity index (χ3v) is 4.52. The largest absolute Gasteiger partial charge is 0.377 e. The van der Waals surface area contributed by atoms with Crippen LogP contribution in [0.2, 0.25) is 0 Å². The predicted octanol–water partition coefficient (Wildman–Crippen LogP) is 1.11. The van der Waals surface area contributed by atoms with Crippen molar-refractivity contribution >= 4 is 16.1 Å². The number of hydrogen-bond acceptors (Lipinski definition) is 4. The Kier molecular flexibility index (Phi) is 4.29. The summed E-state index contributed by atoms with van der Waals surface area (Å²) in [7, 11) is -3.83. The second kappa shape index (κ2) is 5.80. The van der Waals surface area contributed by atoms with Gasteiger partial charge in [0.15, 0.2) is 0 Å². The summed E-state index contributed by atoms with van der Waals surface area (Å²) < 4.78 is 31.5. The van der Waals surface area contributed by atoms with E-state index in [-0.39, 0.29) is 10.9 Å². The van der Waals surface area contributed by atoms with Crippen LogP contribution in [0.15, 0.2) is 29.2 Å². The summed E-state index contributed by atoms with van der Waals surface area (Å²) in [6.07, 6.45) is 0. The summed E-state index contributed by atoms with van der Waals surface area (Å²) in [5.74, 6) is 0. The third-order valence-electron chi connectivity index (χ3n) is 3.18. The number of nitrogens with one attached hydrogen (secondary N) is 1. The number of rotatable bonds is 2. The van der Waals surface area contributed by atoms with Gasteiger partial charge in [-0.2, -0.15) is 0 Å². The molecule has 0 radical (unpaired) electrons. The van der Waals surface area contributed by atoms with Gasteiger partial charge in [-0.15, -0.1) is 0 Å². The maximum atomic E-state index is 12.1. The van der Waals surface area contributed by atoms with Gasteiger partial charge in [0.05, 0.1) is 24.2 Å². The number of benzene rings is 1. The van der Waals surface area contributed by atoms with Crippen molar-refractivity contribution in [3.05, 3.63) is 29.8 Å². The molecule has 1 aliphatic heterocycles. The number of amides is 2. The highest BCUT2D eigenvalue weighted by Crippen LogP contribution is 2.12. The number of ether oxygens (including phenoxy) is 1. The first-order valence-corrected chi connectivity index (χ1v) is 7.86. The van der Waals surface area contributed by atoms with Crippen molar-refractivity contribution in [2.45, 2.75) is 24.8 Å². The first-order chi connectivity index (χ1) is 9.40. The van der Waals surface area contributed by atoms with Gasteiger partial charge in [0.1, 0.15) is 0 Å². The van der Waals surface area contributed by atoms with E-state index in [1.807, 2.05) is 13.8 Å². The summed E-state index contributed by atoms with van der Waals surface area (Å²) in [6.45, 7) is 4.90. The van der Waals surface area contributed by atoms with Crippen LogP contribution < -0.4 is 4.72 Å². The van der Waals surface area contributed by atoms with Crippen molar-refractivity contribution in [1.29, 1.82) is 0 Å². The van der Waals surface area contributed by atoms with Crippen LogP contribution in [0.5, 0.6) is 0 Å². The normalized spacial score (nSPS) is 19.7. The van der Waals surface area contributed by atoms with Crippen LogP contribution in [-0.2, 0) is 14.8 Å². The lowest BCUT2D eigenvalue weighted by molar-refractivity contribution is 0.0203. The van der Waals surface area contributed by atoms with Gasteiger partial charge in [0, 0.05) is 6.54 Å². The molecule has 1 aromatic rings. The Morgan fingerprint density at radius 1 is 1.35 bits per heavy atom. The lowest BCUT2D eigenvalue weighted by atomic mass is 10.2. The topological polar surface area (TPSA) is 75.7 Å². The monoisotopic (exact) mass is 298 g/mol. The number of aryl methyl sites for hydroxylation is 1. The Morgan fingerprint density at radius 2 is 2.00 bits per heavy atom. The van der Waals surface area contributed by atoms with E-state index in [4.69, 9.17) is 4.74 Å². The first-order valence-electron chi connectivity index (χ1n) is 6.38. The Hall–Kier alpha value is -1.60. The van der Waals surface area contributed by atoms with E-state index in [0.29, 0.717) is 19.8 Å². The van der Waals surface area contributed by atoms with Gasteiger partial charge in [-0.25, -0.2) is 17.9 Å². The molecule has 1 fully saturated rings. The van der Waals surface area contributed by atoms with E-state index < -0.39 is 16.1 Å². The van der Waals surface area contributed by atoms with Crippen LogP contribution in [-0.4, -0.2) is 45.1 Å². The van der Waals surface area contributed by atoms with Crippen LogP contribution in [0.3, 0.4) is 0 Å². The van der Waals surface area contributed by atoms with E-state index in [1.54, 1.807) is 12.1 Å². The zero-order valence-corrected chi connectivity index (χ0v) is 12.3. The molecule has 2 rings (SSSR count). The fourth-order valence-electron chi connectivity index (χ4n) is 1.98. The Balaban J connectivity index is 2.11. The van der Waals surface area contributed by atoms with Crippen LogP contribution in [0, 0.1) is 6.92 Å². The molecule has 1 N–H and O–H groups in total. The van der Waals surface area contributed by atoms with Crippen LogP contribution in [0.1, 0.15) is 12.5 Å². The summed E-state index contributed by atoms with van der Waals surface area (Å²) >= 11 is 0. The zero-order chi connectivity index (χ0) is 14.8. The minimum Gasteiger partial charge on any atom is -0.377 e. The van der Waals surface area contributed by atoms with Gasteiger partial charge >= 0.3 is 6.03 Å². The average molecular weight is 298 g/mol. The quantitative estimate of drug-likeness (QED) is 0.887. The Labute approximate surface area is 118 Å². The van der Waals surface area contributed by atoms with Gasteiger partial charge in [-0.05, 0) is 26.0 Å². The number of sulfonamides is 1. The summed E-state index contributed by atoms with van der Waals surface area (Å²) in [4.78, 5) is 13.6. The Morgan fingerprint density at radius 3 is 2.60 bits per heavy atom. The van der Waals surface area contributed by atoms with Crippen molar-refractivity contribution in [2.24, 2.45) is 0 Å². The molecule has 1 unspecified atom stereocenters. The molecule has 0 spiro atoms. The highest BCUT2D eigenvalue weighted by atomic mass is 32.2. The second-order valence-electron chi connectivity index (χ2n) is 4.84. The highest BCUT2D eigenvalue weighted by Gasteiger charge is 2.27. The molecular formula is C13H18N2O4S. The lowest BCUT2D eigenvalue weighted by Gasteiger charge is -2.33. The molecule has 20 heavy (non-hydrogen) atoms. The number of morpholine rings is 1. The maximum absolute atomic E-state index is 12.1. The molecular weight excluding hydrogens is 280 g/mol. The molecule has 6 nitrogen and oxygen atoms in total. The number of nitrogens with zero attached hydrogens (tertiary/aromatic N) is 1. The van der Waals surface area contributed by atoms with Crippen molar-refractivity contribution in [3.8, 4) is 0 Å². The fraction of sp³-hybridized carbons (Fsp3) is 0.462. The van der Waals surface area contributed by atoms with Crippen molar-refractivity contribution in [3.63, 3.8) is 0 Å². The van der Waals surface area contributed by atoms with Gasteiger partial charge in [0.25, 0.3) is 10.0 Å². The van der Waals surface area contributed by atoms with Crippen LogP contribution in [0.4, 0.5) is 4.79 Å². The fourth-order valence-corrected chi connectivity index (χ4v) is 2.94. The van der Waals surface area contributed by atoms with Gasteiger partial charge in [0.2, 0.25) is 0 Å². The molecule has 1 saturated heterocycles. The van der Waals surface area contributed by atoms with E-state index in [9.17, 15) is 13.2 Å². The van der Waals surface area contributed by atoms with Crippen molar-refractivity contribution < 1.29 is 17.9 Å². The van der Waals surface area contributed by atoms with Gasteiger partial charge in [-0.1, -0.05) is 17.7 Å². The molecule has 0 bridgehead atoms. The lowest BCUT2D eigenvalue weighted by Crippen LogP contribution is -2.52. The second-order valence-corrected chi connectivity index (χ2v) is 6.52. The van der Waals surface area contributed by atoms with Gasteiger partial charge in [-0.3, -0.25) is 0 Å². The molecule has 2 amide bonds. The SMILES string of the molecule is Cc1ccc(S(=O)(=O)NC(=O)N2CCOCC2C)cc1.